The molecule has 2 rings (SSSR count). The molecule has 4 nitrogen and oxygen atoms in total. The van der Waals surface area contributed by atoms with Crippen LogP contribution < -0.4 is 5.32 Å². The minimum atomic E-state index is 0.102. The Morgan fingerprint density at radius 2 is 2.35 bits per heavy atom. The Morgan fingerprint density at radius 3 is 2.94 bits per heavy atom. The zero-order valence-electron chi connectivity index (χ0n) is 9.64. The Balaban J connectivity index is 1.77. The number of amides is 1. The molecule has 1 aliphatic rings. The van der Waals surface area contributed by atoms with Gasteiger partial charge in [-0.05, 0) is 25.1 Å². The van der Waals surface area contributed by atoms with Crippen LogP contribution in [-0.4, -0.2) is 27.5 Å². The van der Waals surface area contributed by atoms with Crippen molar-refractivity contribution < 1.29 is 4.79 Å². The first-order valence-corrected chi connectivity index (χ1v) is 7.82. The first kappa shape index (κ1) is 13.0. The molecule has 1 heterocycles. The van der Waals surface area contributed by atoms with Crippen LogP contribution in [0.15, 0.2) is 4.34 Å². The Morgan fingerprint density at radius 1 is 1.65 bits per heavy atom. The minimum absolute atomic E-state index is 0.102. The summed E-state index contributed by atoms with van der Waals surface area (Å²) in [5.74, 6) is 0.532. The number of carbonyl (C=O) groups excluding carboxylic acids is 1. The van der Waals surface area contributed by atoms with Crippen molar-refractivity contribution >= 4 is 41.2 Å². The molecule has 17 heavy (non-hydrogen) atoms. The van der Waals surface area contributed by atoms with Gasteiger partial charge < -0.3 is 5.32 Å². The van der Waals surface area contributed by atoms with Gasteiger partial charge in [0.15, 0.2) is 8.29 Å². The average molecular weight is 289 g/mol. The average Bonchev–Trinajstić information content (AvgIpc) is 2.87. The number of hydrogen-bond donors (Lipinski definition) is 1. The van der Waals surface area contributed by atoms with E-state index in [2.05, 4.69) is 10.4 Å². The van der Waals surface area contributed by atoms with Gasteiger partial charge in [-0.1, -0.05) is 35.9 Å². The molecular formula is C10H15N3OS3. The second kappa shape index (κ2) is 5.97. The van der Waals surface area contributed by atoms with Crippen LogP contribution >= 0.6 is 35.3 Å². The molecule has 0 unspecified atom stereocenters. The molecule has 1 aromatic heterocycles. The SMILES string of the molecule is Cn1nc(SCC(=O)NC2CCCC2)sc1=S. The molecule has 1 fully saturated rings. The van der Waals surface area contributed by atoms with Gasteiger partial charge in [-0.15, -0.1) is 0 Å². The highest BCUT2D eigenvalue weighted by molar-refractivity contribution is 8.01. The molecule has 0 saturated heterocycles. The predicted octanol–water partition coefficient (Wildman–Crippen LogP) is 2.36. The molecule has 1 N–H and O–H groups in total. The minimum Gasteiger partial charge on any atom is -0.353 e. The van der Waals surface area contributed by atoms with E-state index in [1.807, 2.05) is 7.05 Å². The van der Waals surface area contributed by atoms with E-state index >= 15 is 0 Å². The lowest BCUT2D eigenvalue weighted by atomic mass is 10.2. The maximum Gasteiger partial charge on any atom is 0.230 e. The van der Waals surface area contributed by atoms with Gasteiger partial charge in [0.05, 0.1) is 5.75 Å². The van der Waals surface area contributed by atoms with E-state index in [0.29, 0.717) is 11.8 Å². The highest BCUT2D eigenvalue weighted by Crippen LogP contribution is 2.22. The summed E-state index contributed by atoms with van der Waals surface area (Å²) in [6.07, 6.45) is 4.72. The van der Waals surface area contributed by atoms with E-state index in [-0.39, 0.29) is 5.91 Å². The highest BCUT2D eigenvalue weighted by Gasteiger charge is 2.17. The second-order valence-corrected chi connectivity index (χ2v) is 6.94. The number of nitrogens with one attached hydrogen (secondary N) is 1. The van der Waals surface area contributed by atoms with Gasteiger partial charge in [-0.25, -0.2) is 4.68 Å². The number of hydrogen-bond acceptors (Lipinski definition) is 5. The Bertz CT molecular complexity index is 448. The Labute approximate surface area is 114 Å². The maximum atomic E-state index is 11.7. The molecule has 1 aromatic rings. The van der Waals surface area contributed by atoms with Gasteiger partial charge in [0.25, 0.3) is 0 Å². The van der Waals surface area contributed by atoms with E-state index in [1.54, 1.807) is 4.68 Å². The fourth-order valence-corrected chi connectivity index (χ4v) is 3.94. The zero-order valence-corrected chi connectivity index (χ0v) is 12.1. The van der Waals surface area contributed by atoms with Crippen molar-refractivity contribution in [2.24, 2.45) is 7.05 Å². The highest BCUT2D eigenvalue weighted by atomic mass is 32.2. The Hall–Kier alpha value is -0.400. The molecule has 1 amide bonds. The van der Waals surface area contributed by atoms with Crippen molar-refractivity contribution in [1.29, 1.82) is 0 Å². The van der Waals surface area contributed by atoms with E-state index in [4.69, 9.17) is 12.2 Å². The summed E-state index contributed by atoms with van der Waals surface area (Å²) in [6.45, 7) is 0. The van der Waals surface area contributed by atoms with E-state index < -0.39 is 0 Å². The first-order chi connectivity index (χ1) is 8.15. The lowest BCUT2D eigenvalue weighted by molar-refractivity contribution is -0.119. The van der Waals surface area contributed by atoms with Crippen molar-refractivity contribution in [3.63, 3.8) is 0 Å². The first-order valence-electron chi connectivity index (χ1n) is 5.61. The number of thioether (sulfide) groups is 1. The molecule has 94 valence electrons. The number of aromatic nitrogens is 2. The summed E-state index contributed by atoms with van der Waals surface area (Å²) < 4.78 is 3.26. The summed E-state index contributed by atoms with van der Waals surface area (Å²) in [4.78, 5) is 11.7. The van der Waals surface area contributed by atoms with Gasteiger partial charge >= 0.3 is 0 Å². The molecule has 0 spiro atoms. The summed E-state index contributed by atoms with van der Waals surface area (Å²) in [5, 5.41) is 7.28. The smallest absolute Gasteiger partial charge is 0.230 e. The number of carbonyl (C=O) groups is 1. The lowest BCUT2D eigenvalue weighted by Crippen LogP contribution is -2.33. The fraction of sp³-hybridized carbons (Fsp3) is 0.700. The van der Waals surface area contributed by atoms with Crippen molar-refractivity contribution in [2.75, 3.05) is 5.75 Å². The third-order valence-electron chi connectivity index (χ3n) is 2.72. The van der Waals surface area contributed by atoms with Crippen molar-refractivity contribution in [1.82, 2.24) is 15.1 Å². The molecule has 7 heteroatoms. The second-order valence-electron chi connectivity index (χ2n) is 4.10. The third kappa shape index (κ3) is 3.79. The quantitative estimate of drug-likeness (QED) is 0.683. The Kier molecular flexibility index (Phi) is 4.58. The van der Waals surface area contributed by atoms with Crippen LogP contribution in [0.2, 0.25) is 0 Å². The van der Waals surface area contributed by atoms with Crippen molar-refractivity contribution in [2.45, 2.75) is 36.1 Å². The molecule has 0 radical (unpaired) electrons. The molecule has 0 aliphatic heterocycles. The van der Waals surface area contributed by atoms with Gasteiger partial charge in [-0.3, -0.25) is 4.79 Å². The topological polar surface area (TPSA) is 46.9 Å². The summed E-state index contributed by atoms with van der Waals surface area (Å²) in [7, 11) is 1.82. The van der Waals surface area contributed by atoms with Crippen molar-refractivity contribution in [3.05, 3.63) is 3.95 Å². The van der Waals surface area contributed by atoms with Crippen LogP contribution in [0.4, 0.5) is 0 Å². The normalized spacial score (nSPS) is 16.3. The molecule has 1 aliphatic carbocycles. The molecule has 0 atom stereocenters. The molecular weight excluding hydrogens is 274 g/mol. The fourth-order valence-electron chi connectivity index (χ4n) is 1.85. The van der Waals surface area contributed by atoms with Crippen LogP contribution in [-0.2, 0) is 11.8 Å². The lowest BCUT2D eigenvalue weighted by Gasteiger charge is -2.10. The van der Waals surface area contributed by atoms with E-state index in [1.165, 1.54) is 35.9 Å². The van der Waals surface area contributed by atoms with Crippen molar-refractivity contribution in [3.8, 4) is 0 Å². The van der Waals surface area contributed by atoms with E-state index in [9.17, 15) is 4.79 Å². The third-order valence-corrected chi connectivity index (χ3v) is 5.27. The number of nitrogens with zero attached hydrogens (tertiary/aromatic N) is 2. The van der Waals surface area contributed by atoms with Crippen LogP contribution in [0.25, 0.3) is 0 Å². The monoisotopic (exact) mass is 289 g/mol. The van der Waals surface area contributed by atoms with E-state index in [0.717, 1.165) is 21.1 Å². The van der Waals surface area contributed by atoms with Crippen LogP contribution in [0.1, 0.15) is 25.7 Å². The molecule has 0 aromatic carbocycles. The standard InChI is InChI=1S/C10H15N3OS3/c1-13-10(15)17-9(12-13)16-6-8(14)11-7-4-2-3-5-7/h7H,2-6H2,1H3,(H,11,14). The maximum absolute atomic E-state index is 11.7. The number of aryl methyl sites for hydroxylation is 1. The molecule has 0 bridgehead atoms. The summed E-state index contributed by atoms with van der Waals surface area (Å²) in [5.41, 5.74) is 0. The molecule has 1 saturated carbocycles. The summed E-state index contributed by atoms with van der Waals surface area (Å²) >= 11 is 7.98. The number of rotatable bonds is 4. The van der Waals surface area contributed by atoms with Gasteiger partial charge in [0.1, 0.15) is 0 Å². The van der Waals surface area contributed by atoms with Crippen LogP contribution in [0.3, 0.4) is 0 Å². The zero-order chi connectivity index (χ0) is 12.3. The largest absolute Gasteiger partial charge is 0.353 e. The predicted molar refractivity (Wildman–Crippen MR) is 73.0 cm³/mol. The van der Waals surface area contributed by atoms with Gasteiger partial charge in [0, 0.05) is 13.1 Å². The summed E-state index contributed by atoms with van der Waals surface area (Å²) in [6, 6.07) is 0.394. The van der Waals surface area contributed by atoms with Gasteiger partial charge in [0.2, 0.25) is 5.91 Å². The van der Waals surface area contributed by atoms with Crippen LogP contribution in [0, 0.1) is 3.95 Å². The van der Waals surface area contributed by atoms with Crippen LogP contribution in [0.5, 0.6) is 0 Å². The van der Waals surface area contributed by atoms with Gasteiger partial charge in [-0.2, -0.15) is 5.10 Å².